The van der Waals surface area contributed by atoms with E-state index in [0.717, 1.165) is 0 Å². The molecular formula is C19H18S. The predicted molar refractivity (Wildman–Crippen MR) is 92.9 cm³/mol. The van der Waals surface area contributed by atoms with E-state index in [4.69, 9.17) is 0 Å². The summed E-state index contributed by atoms with van der Waals surface area (Å²) in [6.45, 7) is 6.16. The smallest absolute Gasteiger partial charge is 0.0361 e. The summed E-state index contributed by atoms with van der Waals surface area (Å²) >= 11 is 1.89. The Balaban J connectivity index is 0.000000581. The van der Waals surface area contributed by atoms with E-state index in [-0.39, 0.29) is 0 Å². The third kappa shape index (κ3) is 1.99. The summed E-state index contributed by atoms with van der Waals surface area (Å²) in [5, 5.41) is 5.50. The van der Waals surface area contributed by atoms with Crippen molar-refractivity contribution in [2.75, 3.05) is 0 Å². The van der Waals surface area contributed by atoms with Gasteiger partial charge in [0.1, 0.15) is 0 Å². The van der Waals surface area contributed by atoms with Gasteiger partial charge in [0.05, 0.1) is 0 Å². The first kappa shape index (κ1) is 13.1. The molecule has 20 heavy (non-hydrogen) atoms. The van der Waals surface area contributed by atoms with Gasteiger partial charge in [-0.05, 0) is 35.9 Å². The molecule has 1 heteroatoms. The van der Waals surface area contributed by atoms with Crippen molar-refractivity contribution < 1.29 is 0 Å². The van der Waals surface area contributed by atoms with Crippen LogP contribution in [0.5, 0.6) is 0 Å². The lowest BCUT2D eigenvalue weighted by Crippen LogP contribution is -1.74. The summed E-state index contributed by atoms with van der Waals surface area (Å²) < 4.78 is 2.77. The Kier molecular flexibility index (Phi) is 3.45. The van der Waals surface area contributed by atoms with E-state index in [1.165, 1.54) is 36.5 Å². The molecule has 0 spiro atoms. The number of aryl methyl sites for hydroxylation is 1. The van der Waals surface area contributed by atoms with Gasteiger partial charge in [-0.15, -0.1) is 11.3 Å². The van der Waals surface area contributed by atoms with Crippen molar-refractivity contribution in [2.45, 2.75) is 20.8 Å². The first-order valence-electron chi connectivity index (χ1n) is 7.13. The zero-order valence-corrected chi connectivity index (χ0v) is 12.9. The summed E-state index contributed by atoms with van der Waals surface area (Å²) in [6, 6.07) is 19.9. The Morgan fingerprint density at radius 3 is 2.35 bits per heavy atom. The molecule has 0 aliphatic rings. The van der Waals surface area contributed by atoms with Gasteiger partial charge in [0.2, 0.25) is 0 Å². The lowest BCUT2D eigenvalue weighted by Gasteiger charge is -2.00. The topological polar surface area (TPSA) is 0 Å². The van der Waals surface area contributed by atoms with Gasteiger partial charge in [0.25, 0.3) is 0 Å². The first-order chi connectivity index (χ1) is 9.83. The fraction of sp³-hybridized carbons (Fsp3) is 0.158. The molecule has 0 bridgehead atoms. The van der Waals surface area contributed by atoms with E-state index in [1.807, 2.05) is 25.2 Å². The quantitative estimate of drug-likeness (QED) is 0.342. The van der Waals surface area contributed by atoms with Crippen LogP contribution in [0.25, 0.3) is 30.9 Å². The monoisotopic (exact) mass is 278 g/mol. The number of thiophene rings is 1. The van der Waals surface area contributed by atoms with Crippen molar-refractivity contribution in [3.8, 4) is 0 Å². The standard InChI is InChI=1S/C17H12S.C2H6/c1-11-6-8-15-14(10-11)17-13-5-3-2-4-12(13)7-9-16(17)18-15;1-2/h2-10H,1H3;1-2H3. The third-order valence-corrected chi connectivity index (χ3v) is 4.65. The average Bonchev–Trinajstić information content (AvgIpc) is 2.87. The number of hydrogen-bond donors (Lipinski definition) is 0. The fourth-order valence-corrected chi connectivity index (χ4v) is 3.76. The van der Waals surface area contributed by atoms with E-state index in [0.29, 0.717) is 0 Å². The second-order valence-electron chi connectivity index (χ2n) is 4.76. The molecule has 0 amide bonds. The van der Waals surface area contributed by atoms with Crippen LogP contribution in [0.3, 0.4) is 0 Å². The molecule has 1 aromatic heterocycles. The van der Waals surface area contributed by atoms with Crippen molar-refractivity contribution in [3.05, 3.63) is 60.2 Å². The molecule has 0 N–H and O–H groups in total. The lowest BCUT2D eigenvalue weighted by atomic mass is 10.0. The normalized spacial score (nSPS) is 10.8. The highest BCUT2D eigenvalue weighted by Crippen LogP contribution is 2.38. The van der Waals surface area contributed by atoms with Crippen LogP contribution in [0.4, 0.5) is 0 Å². The van der Waals surface area contributed by atoms with Crippen molar-refractivity contribution in [3.63, 3.8) is 0 Å². The molecule has 0 unspecified atom stereocenters. The maximum Gasteiger partial charge on any atom is 0.0361 e. The Hall–Kier alpha value is -1.86. The third-order valence-electron chi connectivity index (χ3n) is 3.52. The van der Waals surface area contributed by atoms with E-state index in [9.17, 15) is 0 Å². The van der Waals surface area contributed by atoms with Crippen LogP contribution in [0.15, 0.2) is 54.6 Å². The molecule has 0 aliphatic carbocycles. The minimum atomic E-state index is 1.33. The summed E-state index contributed by atoms with van der Waals surface area (Å²) in [4.78, 5) is 0. The minimum Gasteiger partial charge on any atom is -0.135 e. The molecule has 3 aromatic carbocycles. The summed E-state index contributed by atoms with van der Waals surface area (Å²) in [5.74, 6) is 0. The fourth-order valence-electron chi connectivity index (χ4n) is 2.66. The van der Waals surface area contributed by atoms with Crippen molar-refractivity contribution in [1.82, 2.24) is 0 Å². The predicted octanol–water partition coefficient (Wildman–Crippen LogP) is 6.54. The molecular weight excluding hydrogens is 260 g/mol. The second-order valence-corrected chi connectivity index (χ2v) is 5.85. The zero-order valence-electron chi connectivity index (χ0n) is 12.1. The SMILES string of the molecule is CC.Cc1ccc2sc3ccc4ccccc4c3c2c1. The van der Waals surface area contributed by atoms with Gasteiger partial charge in [0.15, 0.2) is 0 Å². The van der Waals surface area contributed by atoms with Gasteiger partial charge in [0, 0.05) is 20.2 Å². The van der Waals surface area contributed by atoms with Crippen molar-refractivity contribution >= 4 is 42.3 Å². The Bertz CT molecular complexity index is 884. The lowest BCUT2D eigenvalue weighted by molar-refractivity contribution is 1.50. The van der Waals surface area contributed by atoms with Crippen LogP contribution >= 0.6 is 11.3 Å². The Morgan fingerprint density at radius 1 is 0.750 bits per heavy atom. The van der Waals surface area contributed by atoms with Gasteiger partial charge >= 0.3 is 0 Å². The van der Waals surface area contributed by atoms with Crippen LogP contribution < -0.4 is 0 Å². The van der Waals surface area contributed by atoms with Crippen LogP contribution in [-0.2, 0) is 0 Å². The number of benzene rings is 3. The van der Waals surface area contributed by atoms with Gasteiger partial charge in [-0.3, -0.25) is 0 Å². The number of hydrogen-bond acceptors (Lipinski definition) is 1. The summed E-state index contributed by atoms with van der Waals surface area (Å²) in [7, 11) is 0. The maximum atomic E-state index is 2.31. The molecule has 0 radical (unpaired) electrons. The van der Waals surface area contributed by atoms with Crippen LogP contribution in [0.1, 0.15) is 19.4 Å². The second kappa shape index (κ2) is 5.26. The van der Waals surface area contributed by atoms with Crippen LogP contribution in [0.2, 0.25) is 0 Å². The Labute approximate surface area is 123 Å². The zero-order chi connectivity index (χ0) is 14.1. The largest absolute Gasteiger partial charge is 0.135 e. The average molecular weight is 278 g/mol. The van der Waals surface area contributed by atoms with Crippen molar-refractivity contribution in [2.24, 2.45) is 0 Å². The highest BCUT2D eigenvalue weighted by molar-refractivity contribution is 7.26. The molecule has 0 fully saturated rings. The van der Waals surface area contributed by atoms with Gasteiger partial charge in [-0.2, -0.15) is 0 Å². The first-order valence-corrected chi connectivity index (χ1v) is 7.95. The van der Waals surface area contributed by atoms with E-state index in [1.54, 1.807) is 0 Å². The highest BCUT2D eigenvalue weighted by atomic mass is 32.1. The van der Waals surface area contributed by atoms with Gasteiger partial charge in [-0.25, -0.2) is 0 Å². The molecule has 0 nitrogen and oxygen atoms in total. The molecule has 4 aromatic rings. The molecule has 100 valence electrons. The van der Waals surface area contributed by atoms with E-state index in [2.05, 4.69) is 61.5 Å². The molecule has 0 atom stereocenters. The van der Waals surface area contributed by atoms with E-state index >= 15 is 0 Å². The van der Waals surface area contributed by atoms with Crippen LogP contribution in [0, 0.1) is 6.92 Å². The maximum absolute atomic E-state index is 2.31. The molecule has 0 saturated carbocycles. The molecule has 0 saturated heterocycles. The molecule has 1 heterocycles. The van der Waals surface area contributed by atoms with Gasteiger partial charge in [-0.1, -0.05) is 55.8 Å². The highest BCUT2D eigenvalue weighted by Gasteiger charge is 2.08. The van der Waals surface area contributed by atoms with Crippen LogP contribution in [-0.4, -0.2) is 0 Å². The number of rotatable bonds is 0. The Morgan fingerprint density at radius 2 is 1.50 bits per heavy atom. The number of fused-ring (bicyclic) bond motifs is 5. The van der Waals surface area contributed by atoms with Gasteiger partial charge < -0.3 is 0 Å². The summed E-state index contributed by atoms with van der Waals surface area (Å²) in [5.41, 5.74) is 1.33. The summed E-state index contributed by atoms with van der Waals surface area (Å²) in [6.07, 6.45) is 0. The molecule has 4 rings (SSSR count). The van der Waals surface area contributed by atoms with E-state index < -0.39 is 0 Å². The molecule has 0 aliphatic heterocycles. The minimum absolute atomic E-state index is 1.33. The van der Waals surface area contributed by atoms with Crippen molar-refractivity contribution in [1.29, 1.82) is 0 Å².